The Morgan fingerprint density at radius 1 is 1.02 bits per heavy atom. The Balaban J connectivity index is 1.61. The number of nitrogens with zero attached hydrogens (tertiary/aromatic N) is 5. The van der Waals surface area contributed by atoms with Crippen molar-refractivity contribution >= 4 is 39.0 Å². The first-order chi connectivity index (χ1) is 22.1. The first-order valence-electron chi connectivity index (χ1n) is 14.1. The van der Waals surface area contributed by atoms with Crippen molar-refractivity contribution in [2.75, 3.05) is 18.6 Å². The van der Waals surface area contributed by atoms with E-state index >= 15 is 0 Å². The molecule has 2 amide bonds. The lowest BCUT2D eigenvalue weighted by atomic mass is 9.86. The molecule has 3 aromatic carbocycles. The fourth-order valence-corrected chi connectivity index (χ4v) is 7.41. The summed E-state index contributed by atoms with van der Waals surface area (Å²) in [6.45, 7) is 0. The van der Waals surface area contributed by atoms with Crippen LogP contribution in [-0.4, -0.2) is 64.5 Å². The van der Waals surface area contributed by atoms with Gasteiger partial charge in [0.05, 0.1) is 40.8 Å². The lowest BCUT2D eigenvalue weighted by Crippen LogP contribution is -2.49. The summed E-state index contributed by atoms with van der Waals surface area (Å²) >= 11 is 0. The second-order valence-electron chi connectivity index (χ2n) is 10.7. The van der Waals surface area contributed by atoms with E-state index < -0.39 is 38.4 Å². The van der Waals surface area contributed by atoms with E-state index in [1.165, 1.54) is 25.3 Å². The fraction of sp³-hybridized carbons (Fsp3) is 0.152. The summed E-state index contributed by atoms with van der Waals surface area (Å²) in [6.07, 6.45) is 3.18. The number of aromatic nitrogens is 2. The van der Waals surface area contributed by atoms with E-state index in [1.54, 1.807) is 59.4 Å². The molecule has 1 unspecified atom stereocenters. The highest BCUT2D eigenvalue weighted by Gasteiger charge is 2.45. The minimum Gasteiger partial charge on any atom is -0.490 e. The smallest absolute Gasteiger partial charge is 0.311 e. The highest BCUT2D eigenvalue weighted by atomic mass is 32.2. The van der Waals surface area contributed by atoms with Crippen molar-refractivity contribution in [2.24, 2.45) is 0 Å². The van der Waals surface area contributed by atoms with E-state index in [4.69, 9.17) is 9.84 Å². The monoisotopic (exact) mass is 635 g/mol. The third kappa shape index (κ3) is 5.46. The van der Waals surface area contributed by atoms with Crippen LogP contribution in [0.15, 0.2) is 96.2 Å². The number of nitriles is 1. The standard InChI is InChI=1S/C33H25N5O7S/c1-45-29-13-12-22(17-28(29)38(41)42)31-23(19-36(35-31)24-10-6-3-7-11-24)16-26-30(21-8-4-2-5-9-21)27(18-34)33(40)37(32(26)39)25-14-15-46(43,44)20-25/h2-13,16-17,19,25H,14-15,20H2,1H3/b26-16-. The topological polar surface area (TPSA) is 166 Å². The van der Waals surface area contributed by atoms with Crippen molar-refractivity contribution < 1.29 is 27.7 Å². The summed E-state index contributed by atoms with van der Waals surface area (Å²) < 4.78 is 31.4. The molecular formula is C33H25N5O7S. The van der Waals surface area contributed by atoms with Gasteiger partial charge in [0.15, 0.2) is 15.6 Å². The van der Waals surface area contributed by atoms with Gasteiger partial charge < -0.3 is 4.74 Å². The average Bonchev–Trinajstić information content (AvgIpc) is 3.65. The molecule has 0 N–H and O–H groups in total. The lowest BCUT2D eigenvalue weighted by molar-refractivity contribution is -0.385. The number of amides is 2. The molecule has 12 nitrogen and oxygen atoms in total. The number of methoxy groups -OCH3 is 1. The Kier molecular flexibility index (Phi) is 7.81. The summed E-state index contributed by atoms with van der Waals surface area (Å²) in [4.78, 5) is 40.2. The van der Waals surface area contributed by atoms with Crippen molar-refractivity contribution in [3.63, 3.8) is 0 Å². The number of benzene rings is 3. The number of hydrogen-bond donors (Lipinski definition) is 0. The highest BCUT2D eigenvalue weighted by molar-refractivity contribution is 7.91. The molecule has 0 aliphatic carbocycles. The van der Waals surface area contributed by atoms with Crippen molar-refractivity contribution in [3.05, 3.63) is 117 Å². The van der Waals surface area contributed by atoms with Crippen LogP contribution < -0.4 is 4.74 Å². The number of para-hydroxylation sites is 1. The Morgan fingerprint density at radius 2 is 1.72 bits per heavy atom. The SMILES string of the molecule is COc1ccc(-c2nn(-c3ccccc3)cc2/C=C2\C(=O)N(C3CCS(=O)(=O)C3)C(=O)C(C#N)=C2c2ccccc2)cc1[N+](=O)[O-]. The van der Waals surface area contributed by atoms with Crippen LogP contribution in [0.1, 0.15) is 17.5 Å². The maximum Gasteiger partial charge on any atom is 0.311 e. The van der Waals surface area contributed by atoms with Crippen LogP contribution in [0.4, 0.5) is 5.69 Å². The Morgan fingerprint density at radius 3 is 2.33 bits per heavy atom. The van der Waals surface area contributed by atoms with Gasteiger partial charge in [0, 0.05) is 29.0 Å². The summed E-state index contributed by atoms with van der Waals surface area (Å²) in [5.41, 5.74) is 1.53. The largest absolute Gasteiger partial charge is 0.490 e. The van der Waals surface area contributed by atoms with Crippen molar-refractivity contribution in [3.8, 4) is 28.8 Å². The minimum absolute atomic E-state index is 0.0245. The number of ether oxygens (including phenoxy) is 1. The molecule has 0 saturated carbocycles. The summed E-state index contributed by atoms with van der Waals surface area (Å²) in [7, 11) is -2.17. The van der Waals surface area contributed by atoms with E-state index in [-0.39, 0.29) is 46.0 Å². The van der Waals surface area contributed by atoms with Gasteiger partial charge in [-0.15, -0.1) is 0 Å². The number of imide groups is 1. The van der Waals surface area contributed by atoms with E-state index in [0.29, 0.717) is 22.4 Å². The van der Waals surface area contributed by atoms with Gasteiger partial charge in [-0.2, -0.15) is 10.4 Å². The Bertz CT molecular complexity index is 2110. The molecule has 3 heterocycles. The number of carbonyl (C=O) groups is 2. The van der Waals surface area contributed by atoms with E-state index in [0.717, 1.165) is 4.90 Å². The molecule has 1 saturated heterocycles. The number of rotatable bonds is 7. The molecule has 6 rings (SSSR count). The van der Waals surface area contributed by atoms with Gasteiger partial charge in [0.1, 0.15) is 17.3 Å². The first-order valence-corrected chi connectivity index (χ1v) is 15.9. The maximum atomic E-state index is 14.3. The molecule has 4 aromatic rings. The number of carbonyl (C=O) groups excluding carboxylic acids is 2. The van der Waals surface area contributed by atoms with Crippen molar-refractivity contribution in [1.29, 1.82) is 5.26 Å². The molecule has 0 bridgehead atoms. The quantitative estimate of drug-likeness (QED) is 0.124. The predicted octanol–water partition coefficient (Wildman–Crippen LogP) is 4.37. The van der Waals surface area contributed by atoms with Gasteiger partial charge in [0.2, 0.25) is 0 Å². The third-order valence-corrected chi connectivity index (χ3v) is 9.61. The third-order valence-electron chi connectivity index (χ3n) is 7.86. The fourth-order valence-electron chi connectivity index (χ4n) is 5.71. The van der Waals surface area contributed by atoms with E-state index in [1.807, 2.05) is 24.3 Å². The molecule has 1 fully saturated rings. The van der Waals surface area contributed by atoms with Crippen LogP contribution >= 0.6 is 0 Å². The van der Waals surface area contributed by atoms with Gasteiger partial charge in [-0.05, 0) is 42.3 Å². The van der Waals surface area contributed by atoms with Crippen molar-refractivity contribution in [1.82, 2.24) is 14.7 Å². The number of sulfone groups is 1. The maximum absolute atomic E-state index is 14.3. The molecule has 46 heavy (non-hydrogen) atoms. The zero-order valence-electron chi connectivity index (χ0n) is 24.4. The van der Waals surface area contributed by atoms with Crippen LogP contribution in [0.5, 0.6) is 5.75 Å². The predicted molar refractivity (Wildman–Crippen MR) is 168 cm³/mol. The molecule has 1 atom stereocenters. The van der Waals surface area contributed by atoms with Crippen molar-refractivity contribution in [2.45, 2.75) is 12.5 Å². The summed E-state index contributed by atoms with van der Waals surface area (Å²) in [5, 5.41) is 26.8. The Hall–Kier alpha value is -5.87. The molecule has 0 spiro atoms. The number of hydrogen-bond acceptors (Lipinski definition) is 9. The van der Waals surface area contributed by atoms with Gasteiger partial charge in [-0.1, -0.05) is 48.5 Å². The molecular weight excluding hydrogens is 610 g/mol. The lowest BCUT2D eigenvalue weighted by Gasteiger charge is -2.32. The van der Waals surface area contributed by atoms with Crippen LogP contribution in [-0.2, 0) is 19.4 Å². The molecule has 2 aliphatic rings. The van der Waals surface area contributed by atoms with Gasteiger partial charge in [-0.3, -0.25) is 24.6 Å². The molecule has 230 valence electrons. The number of nitro groups is 1. The minimum atomic E-state index is -3.49. The average molecular weight is 636 g/mol. The Labute approximate surface area is 263 Å². The van der Waals surface area contributed by atoms with Gasteiger partial charge in [-0.25, -0.2) is 13.1 Å². The molecule has 1 aromatic heterocycles. The van der Waals surface area contributed by atoms with E-state index in [2.05, 4.69) is 0 Å². The molecule has 13 heteroatoms. The zero-order valence-corrected chi connectivity index (χ0v) is 25.2. The molecule has 2 aliphatic heterocycles. The van der Waals surface area contributed by atoms with Crippen LogP contribution in [0, 0.1) is 21.4 Å². The molecule has 0 radical (unpaired) electrons. The first kappa shape index (κ1) is 30.2. The second kappa shape index (κ2) is 11.9. The van der Waals surface area contributed by atoms with Crippen LogP contribution in [0.2, 0.25) is 0 Å². The second-order valence-corrected chi connectivity index (χ2v) is 12.9. The highest BCUT2D eigenvalue weighted by Crippen LogP contribution is 2.39. The van der Waals surface area contributed by atoms with E-state index in [9.17, 15) is 33.4 Å². The number of nitro benzene ring substituents is 1. The zero-order chi connectivity index (χ0) is 32.6. The van der Waals surface area contributed by atoms with Gasteiger partial charge in [0.25, 0.3) is 11.8 Å². The van der Waals surface area contributed by atoms with Crippen LogP contribution in [0.3, 0.4) is 0 Å². The summed E-state index contributed by atoms with van der Waals surface area (Å²) in [6, 6.07) is 22.9. The van der Waals surface area contributed by atoms with Crippen LogP contribution in [0.25, 0.3) is 28.6 Å². The normalized spacial score (nSPS) is 18.6. The summed E-state index contributed by atoms with van der Waals surface area (Å²) in [5.74, 6) is -2.16. The van der Waals surface area contributed by atoms with Gasteiger partial charge >= 0.3 is 5.69 Å².